The van der Waals surface area contributed by atoms with Crippen molar-refractivity contribution < 1.29 is 28.3 Å². The average molecular weight is 559 g/mol. The monoisotopic (exact) mass is 558 g/mol. The van der Waals surface area contributed by atoms with E-state index in [0.717, 1.165) is 35.3 Å². The summed E-state index contributed by atoms with van der Waals surface area (Å²) in [5.74, 6) is -0.126. The second kappa shape index (κ2) is 10.7. The number of benzene rings is 2. The van der Waals surface area contributed by atoms with E-state index in [2.05, 4.69) is 5.16 Å². The second-order valence-corrected chi connectivity index (χ2v) is 11.6. The van der Waals surface area contributed by atoms with Gasteiger partial charge in [0.05, 0.1) is 23.6 Å². The van der Waals surface area contributed by atoms with Crippen LogP contribution in [0, 0.1) is 33.5 Å². The Balaban J connectivity index is 1.74. The largest absolute Gasteiger partial charge is 0.493 e. The molecule has 0 saturated heterocycles. The zero-order chi connectivity index (χ0) is 29.6. The standard InChI is InChI=1S/C33H35FN2O5/c1-17-27(22-11-13-26-21(15-22)9-8-14-39-26)29(31(32(37)38)40-33(5,6)7)18(2)35-30(17)24-12-10-23(16-25(24)34)28-19(3)36-41-20(28)4/h10-13,15-16,31H,8-9,14H2,1-7H3,(H,37,38)/t31-/m0/s1. The van der Waals surface area contributed by atoms with Gasteiger partial charge in [0.1, 0.15) is 17.3 Å². The molecule has 2 aromatic carbocycles. The van der Waals surface area contributed by atoms with Crippen LogP contribution in [0.25, 0.3) is 33.5 Å². The van der Waals surface area contributed by atoms with Crippen molar-refractivity contribution in [2.24, 2.45) is 0 Å². The molecule has 5 rings (SSSR count). The van der Waals surface area contributed by atoms with Gasteiger partial charge >= 0.3 is 5.97 Å². The third kappa shape index (κ3) is 5.48. The minimum atomic E-state index is -1.27. The third-order valence-electron chi connectivity index (χ3n) is 7.37. The molecule has 1 aliphatic heterocycles. The van der Waals surface area contributed by atoms with Gasteiger partial charge in [0.2, 0.25) is 0 Å². The van der Waals surface area contributed by atoms with Crippen molar-refractivity contribution in [2.45, 2.75) is 73.0 Å². The van der Waals surface area contributed by atoms with Gasteiger partial charge < -0.3 is 19.1 Å². The van der Waals surface area contributed by atoms with Gasteiger partial charge in [-0.05, 0) is 113 Å². The minimum Gasteiger partial charge on any atom is -0.493 e. The van der Waals surface area contributed by atoms with Crippen LogP contribution in [0.15, 0.2) is 40.9 Å². The van der Waals surface area contributed by atoms with Crippen molar-refractivity contribution in [3.8, 4) is 39.3 Å². The molecule has 2 aromatic heterocycles. The van der Waals surface area contributed by atoms with Crippen LogP contribution in [0.3, 0.4) is 0 Å². The maximum Gasteiger partial charge on any atom is 0.337 e. The van der Waals surface area contributed by atoms with Gasteiger partial charge in [0.25, 0.3) is 0 Å². The summed E-state index contributed by atoms with van der Waals surface area (Å²) in [6.45, 7) is 13.3. The SMILES string of the molecule is Cc1noc(C)c1-c1ccc(-c2nc(C)c([C@H](OC(C)(C)C)C(=O)O)c(-c3ccc4c(c3)CCCO4)c2C)c(F)c1. The van der Waals surface area contributed by atoms with E-state index in [1.807, 2.05) is 58.9 Å². The third-order valence-corrected chi connectivity index (χ3v) is 7.37. The van der Waals surface area contributed by atoms with Crippen LogP contribution in [-0.2, 0) is 16.0 Å². The Hall–Kier alpha value is -4.04. The number of aryl methyl sites for hydroxylation is 4. The van der Waals surface area contributed by atoms with E-state index in [-0.39, 0.29) is 0 Å². The molecule has 0 spiro atoms. The predicted octanol–water partition coefficient (Wildman–Crippen LogP) is 7.71. The Bertz CT molecular complexity index is 1630. The van der Waals surface area contributed by atoms with E-state index in [1.54, 1.807) is 19.9 Å². The van der Waals surface area contributed by atoms with Crippen LogP contribution in [-0.4, -0.2) is 33.4 Å². The van der Waals surface area contributed by atoms with Gasteiger partial charge in [-0.1, -0.05) is 17.3 Å². The number of nitrogens with zero attached hydrogens (tertiary/aromatic N) is 2. The first-order valence-corrected chi connectivity index (χ1v) is 13.8. The lowest BCUT2D eigenvalue weighted by Gasteiger charge is -2.29. The summed E-state index contributed by atoms with van der Waals surface area (Å²) in [5.41, 5.74) is 6.24. The zero-order valence-electron chi connectivity index (χ0n) is 24.5. The number of aromatic nitrogens is 2. The second-order valence-electron chi connectivity index (χ2n) is 11.6. The fraction of sp³-hybridized carbons (Fsp3) is 0.364. The van der Waals surface area contributed by atoms with Crippen molar-refractivity contribution in [1.29, 1.82) is 0 Å². The minimum absolute atomic E-state index is 0.318. The molecule has 1 atom stereocenters. The van der Waals surface area contributed by atoms with Crippen molar-refractivity contribution in [2.75, 3.05) is 6.61 Å². The van der Waals surface area contributed by atoms with Crippen molar-refractivity contribution in [1.82, 2.24) is 10.1 Å². The predicted molar refractivity (Wildman–Crippen MR) is 155 cm³/mol. The Morgan fingerprint density at radius 3 is 2.37 bits per heavy atom. The van der Waals surface area contributed by atoms with Crippen LogP contribution in [0.4, 0.5) is 4.39 Å². The molecule has 4 aromatic rings. The van der Waals surface area contributed by atoms with Crippen LogP contribution < -0.4 is 4.74 Å². The summed E-state index contributed by atoms with van der Waals surface area (Å²) >= 11 is 0. The van der Waals surface area contributed by atoms with E-state index in [1.165, 1.54) is 6.07 Å². The summed E-state index contributed by atoms with van der Waals surface area (Å²) in [4.78, 5) is 17.4. The fourth-order valence-corrected chi connectivity index (χ4v) is 5.63. The van der Waals surface area contributed by atoms with E-state index in [4.69, 9.17) is 19.0 Å². The quantitative estimate of drug-likeness (QED) is 0.259. The number of carboxylic acids is 1. The molecular weight excluding hydrogens is 523 g/mol. The highest BCUT2D eigenvalue weighted by Gasteiger charge is 2.33. The van der Waals surface area contributed by atoms with E-state index < -0.39 is 23.5 Å². The molecule has 41 heavy (non-hydrogen) atoms. The molecule has 0 fully saturated rings. The number of ether oxygens (including phenoxy) is 2. The highest BCUT2D eigenvalue weighted by Crippen LogP contribution is 2.43. The highest BCUT2D eigenvalue weighted by molar-refractivity contribution is 5.86. The molecule has 0 bridgehead atoms. The Morgan fingerprint density at radius 2 is 1.73 bits per heavy atom. The number of fused-ring (bicyclic) bond motifs is 1. The van der Waals surface area contributed by atoms with Crippen LogP contribution in [0.1, 0.15) is 67.1 Å². The smallest absolute Gasteiger partial charge is 0.337 e. The lowest BCUT2D eigenvalue weighted by Crippen LogP contribution is -2.28. The molecule has 0 amide bonds. The van der Waals surface area contributed by atoms with Crippen molar-refractivity contribution in [3.63, 3.8) is 0 Å². The van der Waals surface area contributed by atoms with Gasteiger partial charge in [0, 0.05) is 22.4 Å². The summed E-state index contributed by atoms with van der Waals surface area (Å²) < 4.78 is 33.0. The molecule has 3 heterocycles. The molecule has 214 valence electrons. The Kier molecular flexibility index (Phi) is 7.46. The number of aliphatic carboxylic acids is 1. The molecule has 0 saturated carbocycles. The number of pyridine rings is 1. The van der Waals surface area contributed by atoms with Crippen LogP contribution in [0.5, 0.6) is 5.75 Å². The van der Waals surface area contributed by atoms with Gasteiger partial charge in [0.15, 0.2) is 6.10 Å². The molecule has 0 aliphatic carbocycles. The maximum absolute atomic E-state index is 15.8. The first kappa shape index (κ1) is 28.5. The number of hydrogen-bond donors (Lipinski definition) is 1. The molecule has 1 aliphatic rings. The Labute approximate surface area is 239 Å². The number of carboxylic acid groups (broad SMARTS) is 1. The molecule has 0 radical (unpaired) electrons. The van der Waals surface area contributed by atoms with E-state index >= 15 is 4.39 Å². The van der Waals surface area contributed by atoms with Gasteiger partial charge in [-0.2, -0.15) is 0 Å². The van der Waals surface area contributed by atoms with Gasteiger partial charge in [-0.25, -0.2) is 9.18 Å². The maximum atomic E-state index is 15.8. The van der Waals surface area contributed by atoms with Crippen molar-refractivity contribution >= 4 is 5.97 Å². The highest BCUT2D eigenvalue weighted by atomic mass is 19.1. The topological polar surface area (TPSA) is 94.7 Å². The van der Waals surface area contributed by atoms with Crippen molar-refractivity contribution in [3.05, 3.63) is 76.1 Å². The van der Waals surface area contributed by atoms with Gasteiger partial charge in [-0.3, -0.25) is 4.98 Å². The average Bonchev–Trinajstić information content (AvgIpc) is 3.25. The number of halogens is 1. The number of carbonyl (C=O) groups is 1. The summed E-state index contributed by atoms with van der Waals surface area (Å²) in [7, 11) is 0. The summed E-state index contributed by atoms with van der Waals surface area (Å²) in [6, 6.07) is 10.9. The van der Waals surface area contributed by atoms with Crippen LogP contribution >= 0.6 is 0 Å². The molecule has 0 unspecified atom stereocenters. The molecule has 7 nitrogen and oxygen atoms in total. The van der Waals surface area contributed by atoms with E-state index in [9.17, 15) is 9.90 Å². The lowest BCUT2D eigenvalue weighted by molar-refractivity contribution is -0.160. The zero-order valence-corrected chi connectivity index (χ0v) is 24.5. The molecule has 8 heteroatoms. The first-order valence-electron chi connectivity index (χ1n) is 13.8. The van der Waals surface area contributed by atoms with E-state index in [0.29, 0.717) is 57.3 Å². The molecular formula is C33H35FN2O5. The van der Waals surface area contributed by atoms with Crippen LogP contribution in [0.2, 0.25) is 0 Å². The van der Waals surface area contributed by atoms with Gasteiger partial charge in [-0.15, -0.1) is 0 Å². The Morgan fingerprint density at radius 1 is 1.02 bits per heavy atom. The number of hydrogen-bond acceptors (Lipinski definition) is 6. The number of rotatable bonds is 6. The normalized spacial score (nSPS) is 14.0. The first-order chi connectivity index (χ1) is 19.4. The summed E-state index contributed by atoms with van der Waals surface area (Å²) in [5, 5.41) is 14.3. The fourth-order valence-electron chi connectivity index (χ4n) is 5.63. The molecule has 1 N–H and O–H groups in total. The lowest BCUT2D eigenvalue weighted by atomic mass is 9.87. The summed E-state index contributed by atoms with van der Waals surface area (Å²) in [6.07, 6.45) is 0.480.